The molecule has 2 N–H and O–H groups in total. The maximum atomic E-state index is 13.7. The van der Waals surface area contributed by atoms with E-state index < -0.39 is 0 Å². The zero-order valence-corrected chi connectivity index (χ0v) is 15.7. The zero-order valence-electron chi connectivity index (χ0n) is 15.7. The highest BCUT2D eigenvalue weighted by atomic mass is 19.1. The number of anilines is 1. The van der Waals surface area contributed by atoms with Gasteiger partial charge in [0.1, 0.15) is 5.82 Å². The fourth-order valence-corrected chi connectivity index (χ4v) is 2.60. The molecule has 1 aromatic rings. The van der Waals surface area contributed by atoms with Crippen molar-refractivity contribution >= 4 is 5.69 Å². The van der Waals surface area contributed by atoms with Crippen LogP contribution in [-0.2, 0) is 0 Å². The Balaban J connectivity index is 2.21. The van der Waals surface area contributed by atoms with Crippen molar-refractivity contribution in [3.63, 3.8) is 0 Å². The Morgan fingerprint density at radius 2 is 2.00 bits per heavy atom. The standard InChI is InChI=1S/C21H31FN2/c1-6-16(5)21(23-13-17-7-8-17)12-20(14(2)3)24-19-10-15(4)9-18(22)11-19/h9-12,16-17,23-24H,6-8,13H2,1-5H3/b21-12+/t16-/m1/s1. The molecule has 3 heteroatoms. The molecule has 0 heterocycles. The van der Waals surface area contributed by atoms with Crippen molar-refractivity contribution in [1.29, 1.82) is 0 Å². The summed E-state index contributed by atoms with van der Waals surface area (Å²) >= 11 is 0. The number of rotatable bonds is 8. The molecular formula is C21H31FN2. The number of halogens is 1. The van der Waals surface area contributed by atoms with Crippen LogP contribution in [0.5, 0.6) is 0 Å². The van der Waals surface area contributed by atoms with Crippen LogP contribution in [0, 0.1) is 24.6 Å². The van der Waals surface area contributed by atoms with Crippen LogP contribution in [0.3, 0.4) is 0 Å². The molecule has 0 amide bonds. The van der Waals surface area contributed by atoms with Crippen molar-refractivity contribution in [3.05, 3.63) is 52.6 Å². The van der Waals surface area contributed by atoms with Gasteiger partial charge in [-0.3, -0.25) is 0 Å². The van der Waals surface area contributed by atoms with E-state index in [4.69, 9.17) is 0 Å². The van der Waals surface area contributed by atoms with Crippen molar-refractivity contribution in [3.8, 4) is 0 Å². The van der Waals surface area contributed by atoms with Gasteiger partial charge in [0.15, 0.2) is 0 Å². The van der Waals surface area contributed by atoms with Gasteiger partial charge in [0.05, 0.1) is 0 Å². The zero-order chi connectivity index (χ0) is 17.7. The topological polar surface area (TPSA) is 24.1 Å². The number of hydrogen-bond donors (Lipinski definition) is 2. The smallest absolute Gasteiger partial charge is 0.125 e. The lowest BCUT2D eigenvalue weighted by atomic mass is 10.0. The van der Waals surface area contributed by atoms with E-state index in [1.165, 1.54) is 24.1 Å². The van der Waals surface area contributed by atoms with Crippen LogP contribution < -0.4 is 10.6 Å². The average Bonchev–Trinajstić information content (AvgIpc) is 3.32. The van der Waals surface area contributed by atoms with Crippen LogP contribution >= 0.6 is 0 Å². The molecule has 1 fully saturated rings. The molecule has 0 bridgehead atoms. The molecule has 0 radical (unpaired) electrons. The summed E-state index contributed by atoms with van der Waals surface area (Å²) in [6.45, 7) is 11.6. The van der Waals surface area contributed by atoms with E-state index in [9.17, 15) is 4.39 Å². The Bertz CT molecular complexity index is 602. The van der Waals surface area contributed by atoms with E-state index >= 15 is 0 Å². The van der Waals surface area contributed by atoms with Gasteiger partial charge in [-0.05, 0) is 81.7 Å². The lowest BCUT2D eigenvalue weighted by Crippen LogP contribution is -2.22. The second kappa shape index (κ2) is 8.36. The van der Waals surface area contributed by atoms with Gasteiger partial charge < -0.3 is 10.6 Å². The monoisotopic (exact) mass is 330 g/mol. The average molecular weight is 330 g/mol. The SMILES string of the molecule is CC[C@@H](C)/C(=C\C(Nc1cc(C)cc(F)c1)=C(C)C)NCC1CC1. The number of hydrogen-bond acceptors (Lipinski definition) is 2. The van der Waals surface area contributed by atoms with Crippen LogP contribution in [0.15, 0.2) is 41.2 Å². The summed E-state index contributed by atoms with van der Waals surface area (Å²) < 4.78 is 13.7. The molecule has 1 saturated carbocycles. The molecule has 2 rings (SSSR count). The van der Waals surface area contributed by atoms with E-state index in [1.807, 2.05) is 13.0 Å². The second-order valence-electron chi connectivity index (χ2n) is 7.29. The van der Waals surface area contributed by atoms with Gasteiger partial charge in [-0.2, -0.15) is 0 Å². The van der Waals surface area contributed by atoms with Gasteiger partial charge in [0.25, 0.3) is 0 Å². The number of nitrogens with one attached hydrogen (secondary N) is 2. The summed E-state index contributed by atoms with van der Waals surface area (Å²) in [5.41, 5.74) is 5.21. The second-order valence-corrected chi connectivity index (χ2v) is 7.29. The Kier molecular flexibility index (Phi) is 6.47. The first-order chi connectivity index (χ1) is 11.4. The molecule has 132 valence electrons. The van der Waals surface area contributed by atoms with Crippen LogP contribution in [0.2, 0.25) is 0 Å². The van der Waals surface area contributed by atoms with Crippen LogP contribution in [0.1, 0.15) is 52.5 Å². The fraction of sp³-hybridized carbons (Fsp3) is 0.524. The fourth-order valence-electron chi connectivity index (χ4n) is 2.60. The molecule has 1 aromatic carbocycles. The van der Waals surface area contributed by atoms with Crippen molar-refractivity contribution in [2.45, 2.75) is 53.9 Å². The molecule has 0 spiro atoms. The summed E-state index contributed by atoms with van der Waals surface area (Å²) in [5.74, 6) is 1.11. The minimum Gasteiger partial charge on any atom is -0.388 e. The van der Waals surface area contributed by atoms with Gasteiger partial charge in [0.2, 0.25) is 0 Å². The van der Waals surface area contributed by atoms with Crippen LogP contribution in [-0.4, -0.2) is 6.54 Å². The van der Waals surface area contributed by atoms with Crippen molar-refractivity contribution in [1.82, 2.24) is 5.32 Å². The first-order valence-corrected chi connectivity index (χ1v) is 9.06. The predicted molar refractivity (Wildman–Crippen MR) is 101 cm³/mol. The Morgan fingerprint density at radius 1 is 1.29 bits per heavy atom. The molecule has 1 aliphatic rings. The highest BCUT2D eigenvalue weighted by Crippen LogP contribution is 2.29. The van der Waals surface area contributed by atoms with Crippen molar-refractivity contribution < 1.29 is 4.39 Å². The Hall–Kier alpha value is -1.77. The van der Waals surface area contributed by atoms with Crippen molar-refractivity contribution in [2.24, 2.45) is 11.8 Å². The van der Waals surface area contributed by atoms with Crippen molar-refractivity contribution in [2.75, 3.05) is 11.9 Å². The molecule has 0 saturated heterocycles. The van der Waals surface area contributed by atoms with Gasteiger partial charge >= 0.3 is 0 Å². The summed E-state index contributed by atoms with van der Waals surface area (Å²) in [4.78, 5) is 0. The molecule has 1 atom stereocenters. The maximum Gasteiger partial charge on any atom is 0.125 e. The molecule has 0 aliphatic heterocycles. The number of allylic oxidation sites excluding steroid dienone is 3. The molecule has 1 aliphatic carbocycles. The van der Waals surface area contributed by atoms with Gasteiger partial charge in [0, 0.05) is 23.6 Å². The van der Waals surface area contributed by atoms with Gasteiger partial charge in [-0.15, -0.1) is 0 Å². The third kappa shape index (κ3) is 5.70. The lowest BCUT2D eigenvalue weighted by Gasteiger charge is -2.19. The Morgan fingerprint density at radius 3 is 2.54 bits per heavy atom. The van der Waals surface area contributed by atoms with E-state index in [1.54, 1.807) is 12.1 Å². The molecule has 0 unspecified atom stereocenters. The van der Waals surface area contributed by atoms with E-state index in [0.29, 0.717) is 5.92 Å². The number of aryl methyl sites for hydroxylation is 1. The largest absolute Gasteiger partial charge is 0.388 e. The lowest BCUT2D eigenvalue weighted by molar-refractivity contribution is 0.572. The van der Waals surface area contributed by atoms with Gasteiger partial charge in [-0.1, -0.05) is 19.4 Å². The summed E-state index contributed by atoms with van der Waals surface area (Å²) in [6, 6.07) is 5.07. The van der Waals surface area contributed by atoms with Crippen LogP contribution in [0.25, 0.3) is 0 Å². The third-order valence-electron chi connectivity index (χ3n) is 4.59. The Labute approximate surface area is 146 Å². The molecular weight excluding hydrogens is 299 g/mol. The highest BCUT2D eigenvalue weighted by molar-refractivity contribution is 5.54. The minimum absolute atomic E-state index is 0.205. The number of benzene rings is 1. The highest BCUT2D eigenvalue weighted by Gasteiger charge is 2.21. The first kappa shape index (κ1) is 18.6. The van der Waals surface area contributed by atoms with E-state index in [2.05, 4.69) is 44.4 Å². The molecule has 0 aromatic heterocycles. The predicted octanol–water partition coefficient (Wildman–Crippen LogP) is 5.77. The quantitative estimate of drug-likeness (QED) is 0.591. The summed E-state index contributed by atoms with van der Waals surface area (Å²) in [6.07, 6.45) is 5.99. The minimum atomic E-state index is -0.205. The third-order valence-corrected chi connectivity index (χ3v) is 4.59. The summed E-state index contributed by atoms with van der Waals surface area (Å²) in [7, 11) is 0. The summed E-state index contributed by atoms with van der Waals surface area (Å²) in [5, 5.41) is 7.04. The normalized spacial score (nSPS) is 15.8. The maximum absolute atomic E-state index is 13.7. The van der Waals surface area contributed by atoms with E-state index in [-0.39, 0.29) is 5.82 Å². The molecule has 2 nitrogen and oxygen atoms in total. The first-order valence-electron chi connectivity index (χ1n) is 9.06. The van der Waals surface area contributed by atoms with Gasteiger partial charge in [-0.25, -0.2) is 4.39 Å². The van der Waals surface area contributed by atoms with E-state index in [0.717, 1.165) is 35.8 Å². The molecule has 24 heavy (non-hydrogen) atoms. The van der Waals surface area contributed by atoms with Crippen LogP contribution in [0.4, 0.5) is 10.1 Å².